The number of rotatable bonds is 5. The Labute approximate surface area is 195 Å². The third-order valence-corrected chi connectivity index (χ3v) is 6.42. The lowest BCUT2D eigenvalue weighted by Crippen LogP contribution is -2.52. The molecule has 2 fully saturated rings. The SMILES string of the molecule is O=C1CCC(N2Cc3ccc(CNC(=O)c4cncc(N5CCCC5=O)c4)cc3C2=O)C(=O)N1. The number of benzene rings is 1. The van der Waals surface area contributed by atoms with E-state index >= 15 is 0 Å². The number of imide groups is 1. The number of nitrogens with one attached hydrogen (secondary N) is 2. The second kappa shape index (κ2) is 8.69. The molecule has 0 bridgehead atoms. The van der Waals surface area contributed by atoms with Gasteiger partial charge in [-0.05, 0) is 36.1 Å². The molecule has 10 heteroatoms. The molecule has 1 atom stereocenters. The van der Waals surface area contributed by atoms with Crippen molar-refractivity contribution in [2.24, 2.45) is 0 Å². The highest BCUT2D eigenvalue weighted by molar-refractivity contribution is 6.05. The number of hydrogen-bond acceptors (Lipinski definition) is 6. The molecule has 0 aliphatic carbocycles. The van der Waals surface area contributed by atoms with Crippen LogP contribution in [0.15, 0.2) is 36.7 Å². The molecule has 2 N–H and O–H groups in total. The molecule has 1 unspecified atom stereocenters. The number of carbonyl (C=O) groups excluding carboxylic acids is 5. The van der Waals surface area contributed by atoms with Crippen molar-refractivity contribution in [2.75, 3.05) is 11.4 Å². The molecule has 0 spiro atoms. The van der Waals surface area contributed by atoms with Gasteiger partial charge in [-0.15, -0.1) is 0 Å². The van der Waals surface area contributed by atoms with Gasteiger partial charge in [0.15, 0.2) is 0 Å². The molecule has 0 radical (unpaired) electrons. The highest BCUT2D eigenvalue weighted by Gasteiger charge is 2.39. The van der Waals surface area contributed by atoms with Crippen LogP contribution >= 0.6 is 0 Å². The van der Waals surface area contributed by atoms with E-state index in [0.717, 1.165) is 17.5 Å². The molecule has 2 saturated heterocycles. The minimum Gasteiger partial charge on any atom is -0.348 e. The average molecular weight is 461 g/mol. The van der Waals surface area contributed by atoms with Crippen LogP contribution in [0.2, 0.25) is 0 Å². The van der Waals surface area contributed by atoms with Gasteiger partial charge in [0, 0.05) is 44.2 Å². The van der Waals surface area contributed by atoms with Crippen LogP contribution in [0.25, 0.3) is 0 Å². The first-order valence-electron chi connectivity index (χ1n) is 11.2. The lowest BCUT2D eigenvalue weighted by atomic mass is 10.0. The predicted octanol–water partition coefficient (Wildman–Crippen LogP) is 0.899. The molecular weight excluding hydrogens is 438 g/mol. The van der Waals surface area contributed by atoms with Gasteiger partial charge in [0.05, 0.1) is 17.4 Å². The molecule has 1 aromatic carbocycles. The topological polar surface area (TPSA) is 129 Å². The van der Waals surface area contributed by atoms with E-state index < -0.39 is 11.9 Å². The van der Waals surface area contributed by atoms with Crippen LogP contribution in [0.3, 0.4) is 0 Å². The average Bonchev–Trinajstić information content (AvgIpc) is 3.40. The summed E-state index contributed by atoms with van der Waals surface area (Å²) in [6, 6.07) is 6.36. The number of piperidine rings is 1. The van der Waals surface area contributed by atoms with Crippen molar-refractivity contribution < 1.29 is 24.0 Å². The Morgan fingerprint density at radius 1 is 1.12 bits per heavy atom. The van der Waals surface area contributed by atoms with Gasteiger partial charge < -0.3 is 15.1 Å². The van der Waals surface area contributed by atoms with Crippen molar-refractivity contribution in [3.63, 3.8) is 0 Å². The molecule has 34 heavy (non-hydrogen) atoms. The number of pyridine rings is 1. The molecule has 5 amide bonds. The van der Waals surface area contributed by atoms with Crippen molar-refractivity contribution in [2.45, 2.75) is 44.8 Å². The van der Waals surface area contributed by atoms with Crippen molar-refractivity contribution in [3.05, 3.63) is 58.9 Å². The number of carbonyl (C=O) groups is 5. The fourth-order valence-electron chi connectivity index (χ4n) is 4.62. The molecule has 5 rings (SSSR count). The zero-order valence-electron chi connectivity index (χ0n) is 18.4. The summed E-state index contributed by atoms with van der Waals surface area (Å²) < 4.78 is 0. The first kappa shape index (κ1) is 21.7. The lowest BCUT2D eigenvalue weighted by Gasteiger charge is -2.29. The number of fused-ring (bicyclic) bond motifs is 1. The van der Waals surface area contributed by atoms with Crippen LogP contribution in [0.4, 0.5) is 5.69 Å². The number of amides is 5. The van der Waals surface area contributed by atoms with E-state index in [9.17, 15) is 24.0 Å². The Morgan fingerprint density at radius 3 is 2.74 bits per heavy atom. The van der Waals surface area contributed by atoms with Crippen LogP contribution in [-0.2, 0) is 27.5 Å². The van der Waals surface area contributed by atoms with E-state index in [4.69, 9.17) is 0 Å². The van der Waals surface area contributed by atoms with Gasteiger partial charge in [-0.25, -0.2) is 0 Å². The molecule has 2 aromatic rings. The Hall–Kier alpha value is -4.08. The van der Waals surface area contributed by atoms with E-state index in [2.05, 4.69) is 15.6 Å². The van der Waals surface area contributed by atoms with Crippen LogP contribution in [0.1, 0.15) is 57.5 Å². The maximum absolute atomic E-state index is 13.0. The van der Waals surface area contributed by atoms with Gasteiger partial charge in [-0.1, -0.05) is 12.1 Å². The van der Waals surface area contributed by atoms with E-state index in [-0.39, 0.29) is 36.6 Å². The molecule has 1 aromatic heterocycles. The van der Waals surface area contributed by atoms with E-state index in [1.165, 1.54) is 11.1 Å². The Balaban J connectivity index is 1.25. The highest BCUT2D eigenvalue weighted by Crippen LogP contribution is 2.28. The number of aromatic nitrogens is 1. The summed E-state index contributed by atoms with van der Waals surface area (Å²) in [5, 5.41) is 5.12. The van der Waals surface area contributed by atoms with Crippen molar-refractivity contribution >= 4 is 35.2 Å². The summed E-state index contributed by atoms with van der Waals surface area (Å²) in [6.45, 7) is 1.12. The fraction of sp³-hybridized carbons (Fsp3) is 0.333. The summed E-state index contributed by atoms with van der Waals surface area (Å²) in [5.41, 5.74) is 2.99. The van der Waals surface area contributed by atoms with E-state index in [1.54, 1.807) is 23.2 Å². The predicted molar refractivity (Wildman–Crippen MR) is 119 cm³/mol. The maximum atomic E-state index is 13.0. The Morgan fingerprint density at radius 2 is 1.97 bits per heavy atom. The second-order valence-corrected chi connectivity index (χ2v) is 8.65. The van der Waals surface area contributed by atoms with Crippen molar-refractivity contribution in [1.82, 2.24) is 20.5 Å². The van der Waals surface area contributed by atoms with Crippen molar-refractivity contribution in [1.29, 1.82) is 0 Å². The second-order valence-electron chi connectivity index (χ2n) is 8.65. The Kier molecular flexibility index (Phi) is 5.56. The summed E-state index contributed by atoms with van der Waals surface area (Å²) >= 11 is 0. The normalized spacial score (nSPS) is 19.9. The minimum absolute atomic E-state index is 0.0218. The maximum Gasteiger partial charge on any atom is 0.255 e. The van der Waals surface area contributed by atoms with Crippen LogP contribution in [0.5, 0.6) is 0 Å². The zero-order valence-corrected chi connectivity index (χ0v) is 18.4. The van der Waals surface area contributed by atoms with Crippen LogP contribution in [-0.4, -0.2) is 52.0 Å². The Bertz CT molecular complexity index is 1230. The monoisotopic (exact) mass is 461 g/mol. The van der Waals surface area contributed by atoms with Crippen LogP contribution in [0, 0.1) is 0 Å². The molecule has 4 heterocycles. The minimum atomic E-state index is -0.664. The molecular formula is C24H23N5O5. The van der Waals surface area contributed by atoms with Crippen molar-refractivity contribution in [3.8, 4) is 0 Å². The summed E-state index contributed by atoms with van der Waals surface area (Å²) in [6.07, 6.45) is 4.81. The molecule has 174 valence electrons. The smallest absolute Gasteiger partial charge is 0.255 e. The van der Waals surface area contributed by atoms with Gasteiger partial charge in [-0.3, -0.25) is 34.3 Å². The quantitative estimate of drug-likeness (QED) is 0.637. The fourth-order valence-corrected chi connectivity index (χ4v) is 4.62. The summed E-state index contributed by atoms with van der Waals surface area (Å²) in [5.74, 6) is -1.34. The zero-order chi connectivity index (χ0) is 23.8. The highest BCUT2D eigenvalue weighted by atomic mass is 16.2. The molecule has 0 saturated carbocycles. The van der Waals surface area contributed by atoms with Crippen LogP contribution < -0.4 is 15.5 Å². The third-order valence-electron chi connectivity index (χ3n) is 6.42. The summed E-state index contributed by atoms with van der Waals surface area (Å²) in [7, 11) is 0. The van der Waals surface area contributed by atoms with Gasteiger partial charge in [0.2, 0.25) is 17.7 Å². The standard InChI is InChI=1S/C24H23N5O5/c30-20-6-5-19(23(33)27-20)29-13-15-4-3-14(8-18(15)24(29)34)10-26-22(32)16-9-17(12-25-11-16)28-7-1-2-21(28)31/h3-4,8-9,11-12,19H,1-2,5-7,10,13H2,(H,26,32)(H,27,30,33). The number of nitrogens with zero attached hydrogens (tertiary/aromatic N) is 3. The van der Waals surface area contributed by atoms with Gasteiger partial charge in [0.1, 0.15) is 6.04 Å². The first-order chi connectivity index (χ1) is 16.4. The van der Waals surface area contributed by atoms with E-state index in [1.807, 2.05) is 12.1 Å². The molecule has 3 aliphatic rings. The van der Waals surface area contributed by atoms with Gasteiger partial charge in [0.25, 0.3) is 11.8 Å². The third kappa shape index (κ3) is 4.02. The van der Waals surface area contributed by atoms with E-state index in [0.29, 0.717) is 42.7 Å². The largest absolute Gasteiger partial charge is 0.348 e. The molecule has 3 aliphatic heterocycles. The number of hydrogen-bond donors (Lipinski definition) is 2. The van der Waals surface area contributed by atoms with Gasteiger partial charge in [-0.2, -0.15) is 0 Å². The number of anilines is 1. The summed E-state index contributed by atoms with van der Waals surface area (Å²) in [4.78, 5) is 68.4. The molecule has 10 nitrogen and oxygen atoms in total. The van der Waals surface area contributed by atoms with Gasteiger partial charge >= 0.3 is 0 Å². The lowest BCUT2D eigenvalue weighted by molar-refractivity contribution is -0.137. The first-order valence-corrected chi connectivity index (χ1v) is 11.2.